The van der Waals surface area contributed by atoms with E-state index in [0.717, 1.165) is 73.6 Å². The van der Waals surface area contributed by atoms with Crippen molar-refractivity contribution in [3.05, 3.63) is 59.1 Å². The number of aromatic amines is 1. The van der Waals surface area contributed by atoms with Crippen molar-refractivity contribution in [3.8, 4) is 0 Å². The average Bonchev–Trinajstić information content (AvgIpc) is 3.41. The number of hydrogen-bond donors (Lipinski definition) is 2. The molecule has 2 N–H and O–H groups in total. The summed E-state index contributed by atoms with van der Waals surface area (Å²) in [7, 11) is 2.16. The van der Waals surface area contributed by atoms with Crippen molar-refractivity contribution in [2.24, 2.45) is 10.2 Å². The van der Waals surface area contributed by atoms with Crippen molar-refractivity contribution in [1.29, 1.82) is 0 Å². The number of nitrogens with one attached hydrogen (secondary N) is 2. The summed E-state index contributed by atoms with van der Waals surface area (Å²) in [5.41, 5.74) is 5.03. The fourth-order valence-corrected chi connectivity index (χ4v) is 4.16. The van der Waals surface area contributed by atoms with E-state index < -0.39 is 0 Å². The van der Waals surface area contributed by atoms with E-state index in [1.807, 2.05) is 30.4 Å². The summed E-state index contributed by atoms with van der Waals surface area (Å²) in [6.07, 6.45) is 7.80. The Kier molecular flexibility index (Phi) is 5.48. The molecule has 0 bridgehead atoms. The first-order valence-electron chi connectivity index (χ1n) is 10.9. The molecule has 31 heavy (non-hydrogen) atoms. The van der Waals surface area contributed by atoms with E-state index in [0.29, 0.717) is 17.9 Å². The SMILES string of the molecule is CN1CCN(CCCNC(=O)c2ccc3nc(C4=C5CC=CC=C5N=N4)[nH]c3c2)CC1. The van der Waals surface area contributed by atoms with Gasteiger partial charge in [-0.3, -0.25) is 4.79 Å². The molecule has 1 fully saturated rings. The number of carbonyl (C=O) groups excluding carboxylic acids is 1. The van der Waals surface area contributed by atoms with E-state index >= 15 is 0 Å². The molecule has 0 unspecified atom stereocenters. The minimum atomic E-state index is -0.0540. The van der Waals surface area contributed by atoms with Crippen LogP contribution in [0.15, 0.2) is 57.9 Å². The Morgan fingerprint density at radius 1 is 1.19 bits per heavy atom. The molecule has 0 spiro atoms. The van der Waals surface area contributed by atoms with E-state index in [-0.39, 0.29) is 5.91 Å². The lowest BCUT2D eigenvalue weighted by Crippen LogP contribution is -2.45. The number of piperazine rings is 1. The van der Waals surface area contributed by atoms with Crippen LogP contribution < -0.4 is 5.32 Å². The predicted molar refractivity (Wildman–Crippen MR) is 121 cm³/mol. The van der Waals surface area contributed by atoms with Gasteiger partial charge in [-0.05, 0) is 50.7 Å². The second-order valence-corrected chi connectivity index (χ2v) is 8.28. The van der Waals surface area contributed by atoms with Gasteiger partial charge in [0.2, 0.25) is 0 Å². The topological polar surface area (TPSA) is 89.0 Å². The van der Waals surface area contributed by atoms with Gasteiger partial charge in [0.15, 0.2) is 5.82 Å². The number of azo groups is 1. The Labute approximate surface area is 181 Å². The largest absolute Gasteiger partial charge is 0.352 e. The number of benzene rings is 1. The normalized spacial score (nSPS) is 19.2. The van der Waals surface area contributed by atoms with Crippen molar-refractivity contribution in [3.63, 3.8) is 0 Å². The summed E-state index contributed by atoms with van der Waals surface area (Å²) in [6.45, 7) is 6.15. The number of imidazole rings is 1. The molecule has 0 saturated carbocycles. The van der Waals surface area contributed by atoms with Crippen molar-refractivity contribution in [2.75, 3.05) is 46.3 Å². The molecule has 2 aromatic rings. The lowest BCUT2D eigenvalue weighted by Gasteiger charge is -2.32. The van der Waals surface area contributed by atoms with Gasteiger partial charge < -0.3 is 20.1 Å². The average molecular weight is 418 g/mol. The fourth-order valence-electron chi connectivity index (χ4n) is 4.16. The second-order valence-electron chi connectivity index (χ2n) is 8.28. The zero-order chi connectivity index (χ0) is 21.2. The van der Waals surface area contributed by atoms with Crippen LogP contribution in [0.3, 0.4) is 0 Å². The van der Waals surface area contributed by atoms with Gasteiger partial charge in [0.1, 0.15) is 5.70 Å². The van der Waals surface area contributed by atoms with Gasteiger partial charge in [0, 0.05) is 43.9 Å². The Balaban J connectivity index is 1.21. The van der Waals surface area contributed by atoms with Crippen molar-refractivity contribution < 1.29 is 4.79 Å². The van der Waals surface area contributed by atoms with Crippen LogP contribution in [-0.2, 0) is 0 Å². The minimum absolute atomic E-state index is 0.0540. The fraction of sp³-hybridized carbons (Fsp3) is 0.391. The highest BCUT2D eigenvalue weighted by molar-refractivity contribution is 5.97. The number of hydrogen-bond acceptors (Lipinski definition) is 6. The third kappa shape index (κ3) is 4.22. The number of allylic oxidation sites excluding steroid dienone is 4. The molecule has 1 aromatic heterocycles. The highest BCUT2D eigenvalue weighted by Crippen LogP contribution is 2.36. The van der Waals surface area contributed by atoms with E-state index in [9.17, 15) is 4.79 Å². The van der Waals surface area contributed by atoms with E-state index in [2.05, 4.69) is 48.4 Å². The number of carbonyl (C=O) groups is 1. The molecule has 3 aliphatic rings. The van der Waals surface area contributed by atoms with Crippen LogP contribution >= 0.6 is 0 Å². The minimum Gasteiger partial charge on any atom is -0.352 e. The first kappa shape index (κ1) is 19.8. The van der Waals surface area contributed by atoms with Gasteiger partial charge in [-0.2, -0.15) is 5.11 Å². The molecule has 1 amide bonds. The summed E-state index contributed by atoms with van der Waals surface area (Å²) >= 11 is 0. The smallest absolute Gasteiger partial charge is 0.251 e. The molecular formula is C23H27N7O. The van der Waals surface area contributed by atoms with Crippen LogP contribution in [0, 0.1) is 0 Å². The molecule has 160 valence electrons. The van der Waals surface area contributed by atoms with Crippen LogP contribution in [0.2, 0.25) is 0 Å². The number of rotatable bonds is 6. The van der Waals surface area contributed by atoms with E-state index in [1.54, 1.807) is 0 Å². The molecule has 0 radical (unpaired) electrons. The summed E-state index contributed by atoms with van der Waals surface area (Å²) in [5, 5.41) is 11.6. The zero-order valence-corrected chi connectivity index (χ0v) is 17.8. The molecule has 1 saturated heterocycles. The molecule has 8 heteroatoms. The summed E-state index contributed by atoms with van der Waals surface area (Å²) in [6, 6.07) is 5.56. The van der Waals surface area contributed by atoms with E-state index in [1.165, 1.54) is 0 Å². The van der Waals surface area contributed by atoms with Crippen LogP contribution in [-0.4, -0.2) is 72.0 Å². The van der Waals surface area contributed by atoms with Crippen molar-refractivity contribution in [2.45, 2.75) is 12.8 Å². The van der Waals surface area contributed by atoms with Crippen molar-refractivity contribution >= 4 is 22.6 Å². The maximum absolute atomic E-state index is 12.6. The standard InChI is InChI=1S/C23H27N7O/c1-29-11-13-30(14-12-29)10-4-9-24-23(31)16-7-8-19-20(15-16)26-22(25-19)21-17-5-2-3-6-18(17)27-28-21/h2-3,6-8,15H,4-5,9-14H2,1H3,(H,24,31)(H,25,26). The lowest BCUT2D eigenvalue weighted by molar-refractivity contribution is 0.0949. The number of H-pyrrole nitrogens is 1. The van der Waals surface area contributed by atoms with Gasteiger partial charge in [-0.1, -0.05) is 12.2 Å². The number of fused-ring (bicyclic) bond motifs is 2. The molecule has 1 aromatic carbocycles. The number of aromatic nitrogens is 2. The Morgan fingerprint density at radius 2 is 2.06 bits per heavy atom. The predicted octanol–water partition coefficient (Wildman–Crippen LogP) is 2.95. The Bertz CT molecular complexity index is 1120. The molecule has 2 aliphatic heterocycles. The van der Waals surface area contributed by atoms with Crippen LogP contribution in [0.1, 0.15) is 29.0 Å². The molecule has 1 aliphatic carbocycles. The number of amides is 1. The van der Waals surface area contributed by atoms with Crippen molar-refractivity contribution in [1.82, 2.24) is 25.1 Å². The highest BCUT2D eigenvalue weighted by atomic mass is 16.1. The Hall–Kier alpha value is -3.10. The summed E-state index contributed by atoms with van der Waals surface area (Å²) in [4.78, 5) is 25.4. The first-order valence-corrected chi connectivity index (χ1v) is 10.9. The van der Waals surface area contributed by atoms with Gasteiger partial charge in [-0.25, -0.2) is 4.98 Å². The van der Waals surface area contributed by atoms with Gasteiger partial charge >= 0.3 is 0 Å². The van der Waals surface area contributed by atoms with Gasteiger partial charge in [-0.15, -0.1) is 5.11 Å². The van der Waals surface area contributed by atoms with Gasteiger partial charge in [0.05, 0.1) is 16.7 Å². The monoisotopic (exact) mass is 417 g/mol. The quantitative estimate of drug-likeness (QED) is 0.708. The summed E-state index contributed by atoms with van der Waals surface area (Å²) < 4.78 is 0. The zero-order valence-electron chi connectivity index (χ0n) is 17.8. The lowest BCUT2D eigenvalue weighted by atomic mass is 10.0. The highest BCUT2D eigenvalue weighted by Gasteiger charge is 2.22. The second kappa shape index (κ2) is 8.56. The maximum Gasteiger partial charge on any atom is 0.251 e. The number of nitrogens with zero attached hydrogens (tertiary/aromatic N) is 5. The van der Waals surface area contributed by atoms with Crippen LogP contribution in [0.4, 0.5) is 0 Å². The molecule has 0 atom stereocenters. The maximum atomic E-state index is 12.6. The number of likely N-dealkylation sites (N-methyl/N-ethyl adjacent to an activating group) is 1. The van der Waals surface area contributed by atoms with E-state index in [4.69, 9.17) is 0 Å². The summed E-state index contributed by atoms with van der Waals surface area (Å²) in [5.74, 6) is 0.638. The van der Waals surface area contributed by atoms with Crippen LogP contribution in [0.25, 0.3) is 16.7 Å². The first-order chi connectivity index (χ1) is 15.2. The molecule has 3 heterocycles. The molecular weight excluding hydrogens is 390 g/mol. The Morgan fingerprint density at radius 3 is 2.94 bits per heavy atom. The molecule has 5 rings (SSSR count). The van der Waals surface area contributed by atoms with Crippen LogP contribution in [0.5, 0.6) is 0 Å². The third-order valence-corrected chi connectivity index (χ3v) is 6.07. The third-order valence-electron chi connectivity index (χ3n) is 6.07. The molecule has 8 nitrogen and oxygen atoms in total. The van der Waals surface area contributed by atoms with Gasteiger partial charge in [0.25, 0.3) is 5.91 Å².